The molecular formula is C12H16F2O. The van der Waals surface area contributed by atoms with Crippen molar-refractivity contribution in [3.8, 4) is 5.75 Å². The van der Waals surface area contributed by atoms with Crippen LogP contribution in [0.4, 0.5) is 8.78 Å². The molecule has 0 saturated heterocycles. The van der Waals surface area contributed by atoms with Crippen LogP contribution in [0.2, 0.25) is 0 Å². The molecule has 0 bridgehead atoms. The zero-order valence-electron chi connectivity index (χ0n) is 9.04. The Balaban J connectivity index is 2.76. The highest BCUT2D eigenvalue weighted by Gasteiger charge is 2.10. The molecule has 1 nitrogen and oxygen atoms in total. The highest BCUT2D eigenvalue weighted by molar-refractivity contribution is 5.33. The Bertz CT molecular complexity index is 299. The van der Waals surface area contributed by atoms with Crippen molar-refractivity contribution in [2.45, 2.75) is 33.3 Å². The Hall–Kier alpha value is -1.12. The van der Waals surface area contributed by atoms with Crippen molar-refractivity contribution in [1.29, 1.82) is 0 Å². The van der Waals surface area contributed by atoms with E-state index >= 15 is 0 Å². The molecule has 0 saturated carbocycles. The molecule has 0 radical (unpaired) electrons. The monoisotopic (exact) mass is 214 g/mol. The summed E-state index contributed by atoms with van der Waals surface area (Å²) in [4.78, 5) is 0. The van der Waals surface area contributed by atoms with E-state index in [2.05, 4.69) is 18.6 Å². The molecule has 1 aromatic carbocycles. The third-order valence-corrected chi connectivity index (χ3v) is 2.45. The van der Waals surface area contributed by atoms with E-state index in [1.54, 1.807) is 12.1 Å². The van der Waals surface area contributed by atoms with E-state index in [9.17, 15) is 8.78 Å². The van der Waals surface area contributed by atoms with E-state index in [-0.39, 0.29) is 0 Å². The summed E-state index contributed by atoms with van der Waals surface area (Å²) < 4.78 is 28.7. The molecule has 1 unspecified atom stereocenters. The second-order valence-corrected chi connectivity index (χ2v) is 3.70. The first-order valence-corrected chi connectivity index (χ1v) is 5.16. The Morgan fingerprint density at radius 1 is 1.27 bits per heavy atom. The van der Waals surface area contributed by atoms with Crippen LogP contribution in [0.3, 0.4) is 0 Å². The summed E-state index contributed by atoms with van der Waals surface area (Å²) in [7, 11) is 0. The minimum atomic E-state index is -2.75. The lowest BCUT2D eigenvalue weighted by atomic mass is 9.98. The van der Waals surface area contributed by atoms with Gasteiger partial charge >= 0.3 is 6.61 Å². The van der Waals surface area contributed by atoms with E-state index in [4.69, 9.17) is 0 Å². The highest BCUT2D eigenvalue weighted by atomic mass is 19.3. The first-order chi connectivity index (χ1) is 7.13. The molecule has 0 aliphatic heterocycles. The van der Waals surface area contributed by atoms with Crippen molar-refractivity contribution < 1.29 is 13.5 Å². The summed E-state index contributed by atoms with van der Waals surface area (Å²) in [5.41, 5.74) is 0.854. The van der Waals surface area contributed by atoms with Crippen LogP contribution in [0, 0.1) is 5.92 Å². The van der Waals surface area contributed by atoms with E-state index in [1.807, 2.05) is 12.1 Å². The minimum Gasteiger partial charge on any atom is -0.435 e. The van der Waals surface area contributed by atoms with Crippen molar-refractivity contribution in [3.63, 3.8) is 0 Å². The fourth-order valence-electron chi connectivity index (χ4n) is 1.40. The summed E-state index contributed by atoms with van der Waals surface area (Å²) >= 11 is 0. The summed E-state index contributed by atoms with van der Waals surface area (Å²) in [6.45, 7) is 1.43. The van der Waals surface area contributed by atoms with Gasteiger partial charge in [0.2, 0.25) is 0 Å². The van der Waals surface area contributed by atoms with Gasteiger partial charge in [-0.3, -0.25) is 0 Å². The third kappa shape index (κ3) is 3.86. The van der Waals surface area contributed by atoms with Gasteiger partial charge in [-0.1, -0.05) is 38.5 Å². The van der Waals surface area contributed by atoms with Crippen LogP contribution in [-0.2, 0) is 6.42 Å². The summed E-state index contributed by atoms with van der Waals surface area (Å²) in [6, 6.07) is 6.97. The Labute approximate surface area is 89.1 Å². The van der Waals surface area contributed by atoms with Gasteiger partial charge < -0.3 is 4.74 Å². The van der Waals surface area contributed by atoms with E-state index in [1.165, 1.54) is 0 Å². The fourth-order valence-corrected chi connectivity index (χ4v) is 1.40. The third-order valence-electron chi connectivity index (χ3n) is 2.45. The zero-order valence-corrected chi connectivity index (χ0v) is 9.04. The molecule has 0 N–H and O–H groups in total. The zero-order chi connectivity index (χ0) is 11.3. The van der Waals surface area contributed by atoms with Crippen molar-refractivity contribution in [2.24, 2.45) is 5.92 Å². The van der Waals surface area contributed by atoms with Gasteiger partial charge in [0.25, 0.3) is 0 Å². The number of rotatable bonds is 5. The molecule has 1 rings (SSSR count). The number of hydrogen-bond acceptors (Lipinski definition) is 1. The van der Waals surface area contributed by atoms with Gasteiger partial charge in [0.05, 0.1) is 0 Å². The van der Waals surface area contributed by atoms with Crippen molar-refractivity contribution in [2.75, 3.05) is 0 Å². The fraction of sp³-hybridized carbons (Fsp3) is 0.500. The average Bonchev–Trinajstić information content (AvgIpc) is 2.20. The molecule has 84 valence electrons. The SMILES string of the molecule is CCC(C)Cc1ccccc1OC(F)F. The van der Waals surface area contributed by atoms with E-state index < -0.39 is 6.61 Å². The van der Waals surface area contributed by atoms with Crippen molar-refractivity contribution in [3.05, 3.63) is 29.8 Å². The van der Waals surface area contributed by atoms with Crippen LogP contribution in [0.25, 0.3) is 0 Å². The first kappa shape index (κ1) is 12.0. The largest absolute Gasteiger partial charge is 0.435 e. The minimum absolute atomic E-state index is 0.299. The summed E-state index contributed by atoms with van der Waals surface area (Å²) in [6.07, 6.45) is 1.81. The molecule has 1 aromatic rings. The van der Waals surface area contributed by atoms with Crippen LogP contribution < -0.4 is 4.74 Å². The van der Waals surface area contributed by atoms with Crippen LogP contribution in [0.1, 0.15) is 25.8 Å². The quantitative estimate of drug-likeness (QED) is 0.722. The Morgan fingerprint density at radius 3 is 2.53 bits per heavy atom. The van der Waals surface area contributed by atoms with Crippen molar-refractivity contribution >= 4 is 0 Å². The predicted molar refractivity (Wildman–Crippen MR) is 56.2 cm³/mol. The molecule has 0 aromatic heterocycles. The molecule has 0 aliphatic rings. The molecule has 1 atom stereocenters. The molecule has 0 amide bonds. The van der Waals surface area contributed by atoms with Crippen LogP contribution in [0.5, 0.6) is 5.75 Å². The number of alkyl halides is 2. The lowest BCUT2D eigenvalue weighted by Gasteiger charge is -2.13. The number of hydrogen-bond donors (Lipinski definition) is 0. The molecule has 0 heterocycles. The van der Waals surface area contributed by atoms with Crippen LogP contribution in [-0.4, -0.2) is 6.61 Å². The van der Waals surface area contributed by atoms with E-state index in [0.29, 0.717) is 11.7 Å². The standard InChI is InChI=1S/C12H16F2O/c1-3-9(2)8-10-6-4-5-7-11(10)15-12(13)14/h4-7,9,12H,3,8H2,1-2H3. The Kier molecular flexibility index (Phi) is 4.53. The number of halogens is 2. The molecule has 3 heteroatoms. The van der Waals surface area contributed by atoms with Gasteiger partial charge in [0.15, 0.2) is 0 Å². The predicted octanol–water partition coefficient (Wildman–Crippen LogP) is 3.88. The van der Waals surface area contributed by atoms with Gasteiger partial charge in [0, 0.05) is 0 Å². The molecule has 0 spiro atoms. The van der Waals surface area contributed by atoms with Crippen molar-refractivity contribution in [1.82, 2.24) is 0 Å². The molecule has 15 heavy (non-hydrogen) atoms. The molecular weight excluding hydrogens is 198 g/mol. The van der Waals surface area contributed by atoms with Crippen LogP contribution >= 0.6 is 0 Å². The highest BCUT2D eigenvalue weighted by Crippen LogP contribution is 2.23. The smallest absolute Gasteiger partial charge is 0.387 e. The second-order valence-electron chi connectivity index (χ2n) is 3.70. The Morgan fingerprint density at radius 2 is 1.93 bits per heavy atom. The lowest BCUT2D eigenvalue weighted by Crippen LogP contribution is -2.06. The maximum atomic E-state index is 12.1. The number of ether oxygens (including phenoxy) is 1. The van der Waals surface area contributed by atoms with Gasteiger partial charge in [-0.05, 0) is 24.0 Å². The topological polar surface area (TPSA) is 9.23 Å². The summed E-state index contributed by atoms with van der Waals surface area (Å²) in [5.74, 6) is 0.778. The maximum absolute atomic E-state index is 12.1. The average molecular weight is 214 g/mol. The molecule has 0 fully saturated rings. The van der Waals surface area contributed by atoms with Gasteiger partial charge in [-0.2, -0.15) is 8.78 Å². The van der Waals surface area contributed by atoms with Gasteiger partial charge in [-0.25, -0.2) is 0 Å². The maximum Gasteiger partial charge on any atom is 0.387 e. The van der Waals surface area contributed by atoms with Gasteiger partial charge in [-0.15, -0.1) is 0 Å². The molecule has 0 aliphatic carbocycles. The van der Waals surface area contributed by atoms with E-state index in [0.717, 1.165) is 18.4 Å². The first-order valence-electron chi connectivity index (χ1n) is 5.16. The number of benzene rings is 1. The summed E-state index contributed by atoms with van der Waals surface area (Å²) in [5, 5.41) is 0. The van der Waals surface area contributed by atoms with Gasteiger partial charge in [0.1, 0.15) is 5.75 Å². The normalized spacial score (nSPS) is 12.9. The number of para-hydroxylation sites is 1. The van der Waals surface area contributed by atoms with Crippen LogP contribution in [0.15, 0.2) is 24.3 Å². The second kappa shape index (κ2) is 5.69. The lowest BCUT2D eigenvalue weighted by molar-refractivity contribution is -0.0505.